The molecular weight excluding hydrogens is 252 g/mol. The average Bonchev–Trinajstić information content (AvgIpc) is 2.44. The maximum Gasteiger partial charge on any atom is 0.239 e. The number of anilines is 1. The van der Waals surface area contributed by atoms with Crippen molar-refractivity contribution in [3.05, 3.63) is 24.3 Å². The molecule has 4 nitrogen and oxygen atoms in total. The lowest BCUT2D eigenvalue weighted by molar-refractivity contribution is -0.119. The van der Waals surface area contributed by atoms with Crippen LogP contribution in [0.3, 0.4) is 0 Å². The van der Waals surface area contributed by atoms with Gasteiger partial charge < -0.3 is 15.4 Å². The molecule has 0 aliphatic carbocycles. The SMILES string of the molecule is CCCCNC(=O)CNc1ccccc1OCC(C)C. The molecule has 112 valence electrons. The molecule has 0 saturated carbocycles. The number of para-hydroxylation sites is 2. The van der Waals surface area contributed by atoms with Crippen LogP contribution < -0.4 is 15.4 Å². The maximum atomic E-state index is 11.7. The molecule has 1 amide bonds. The van der Waals surface area contributed by atoms with Crippen LogP contribution >= 0.6 is 0 Å². The van der Waals surface area contributed by atoms with Crippen LogP contribution in [-0.2, 0) is 4.79 Å². The number of hydrogen-bond donors (Lipinski definition) is 2. The minimum absolute atomic E-state index is 0.0112. The molecule has 2 N–H and O–H groups in total. The van der Waals surface area contributed by atoms with E-state index >= 15 is 0 Å². The zero-order chi connectivity index (χ0) is 14.8. The van der Waals surface area contributed by atoms with Crippen LogP contribution in [0.1, 0.15) is 33.6 Å². The molecule has 0 bridgehead atoms. The molecule has 0 unspecified atom stereocenters. The van der Waals surface area contributed by atoms with Gasteiger partial charge in [-0.15, -0.1) is 0 Å². The van der Waals surface area contributed by atoms with Crippen LogP contribution in [0.2, 0.25) is 0 Å². The Labute approximate surface area is 121 Å². The summed E-state index contributed by atoms with van der Waals surface area (Å²) in [6.07, 6.45) is 2.10. The number of carbonyl (C=O) groups excluding carboxylic acids is 1. The normalized spacial score (nSPS) is 10.4. The number of hydrogen-bond acceptors (Lipinski definition) is 3. The van der Waals surface area contributed by atoms with Crippen molar-refractivity contribution in [1.29, 1.82) is 0 Å². The van der Waals surface area contributed by atoms with Gasteiger partial charge in [-0.3, -0.25) is 4.79 Å². The van der Waals surface area contributed by atoms with Crippen molar-refractivity contribution >= 4 is 11.6 Å². The van der Waals surface area contributed by atoms with Crippen molar-refractivity contribution in [1.82, 2.24) is 5.32 Å². The van der Waals surface area contributed by atoms with E-state index in [1.807, 2.05) is 24.3 Å². The molecule has 0 heterocycles. The van der Waals surface area contributed by atoms with Crippen molar-refractivity contribution in [3.63, 3.8) is 0 Å². The van der Waals surface area contributed by atoms with Gasteiger partial charge in [0.25, 0.3) is 0 Å². The van der Waals surface area contributed by atoms with E-state index in [0.29, 0.717) is 12.5 Å². The minimum atomic E-state index is 0.0112. The predicted molar refractivity (Wildman–Crippen MR) is 83.2 cm³/mol. The van der Waals surface area contributed by atoms with E-state index in [9.17, 15) is 4.79 Å². The van der Waals surface area contributed by atoms with Gasteiger partial charge in [0.1, 0.15) is 5.75 Å². The van der Waals surface area contributed by atoms with Gasteiger partial charge in [-0.1, -0.05) is 39.3 Å². The number of carbonyl (C=O) groups is 1. The molecule has 20 heavy (non-hydrogen) atoms. The molecule has 0 aliphatic heterocycles. The Bertz CT molecular complexity index is 405. The summed E-state index contributed by atoms with van der Waals surface area (Å²) in [6, 6.07) is 7.70. The fraction of sp³-hybridized carbons (Fsp3) is 0.562. The van der Waals surface area contributed by atoms with Crippen LogP contribution in [0.25, 0.3) is 0 Å². The second-order valence-electron chi connectivity index (χ2n) is 5.26. The van der Waals surface area contributed by atoms with E-state index in [-0.39, 0.29) is 12.5 Å². The lowest BCUT2D eigenvalue weighted by atomic mass is 10.2. The number of unbranched alkanes of at least 4 members (excludes halogenated alkanes) is 1. The Morgan fingerprint density at radius 2 is 2.05 bits per heavy atom. The third kappa shape index (κ3) is 6.45. The predicted octanol–water partition coefficient (Wildman–Crippen LogP) is 3.05. The van der Waals surface area contributed by atoms with Gasteiger partial charge in [0, 0.05) is 6.54 Å². The van der Waals surface area contributed by atoms with Gasteiger partial charge in [0.15, 0.2) is 0 Å². The Hall–Kier alpha value is -1.71. The molecular formula is C16H26N2O2. The highest BCUT2D eigenvalue weighted by molar-refractivity contribution is 5.81. The van der Waals surface area contributed by atoms with Gasteiger partial charge in [-0.2, -0.15) is 0 Å². The molecule has 1 aromatic carbocycles. The van der Waals surface area contributed by atoms with Gasteiger partial charge in [-0.05, 0) is 24.5 Å². The Morgan fingerprint density at radius 3 is 2.75 bits per heavy atom. The van der Waals surface area contributed by atoms with Crippen LogP contribution in [-0.4, -0.2) is 25.6 Å². The number of nitrogens with one attached hydrogen (secondary N) is 2. The summed E-state index contributed by atoms with van der Waals surface area (Å²) in [6.45, 7) is 8.00. The second-order valence-corrected chi connectivity index (χ2v) is 5.26. The summed E-state index contributed by atoms with van der Waals surface area (Å²) in [7, 11) is 0. The van der Waals surface area contributed by atoms with Crippen molar-refractivity contribution in [2.45, 2.75) is 33.6 Å². The van der Waals surface area contributed by atoms with Gasteiger partial charge in [0.05, 0.1) is 18.8 Å². The van der Waals surface area contributed by atoms with Crippen LogP contribution in [0.15, 0.2) is 24.3 Å². The topological polar surface area (TPSA) is 50.4 Å². The number of amides is 1. The molecule has 1 aromatic rings. The van der Waals surface area contributed by atoms with Crippen molar-refractivity contribution in [2.24, 2.45) is 5.92 Å². The number of benzene rings is 1. The third-order valence-corrected chi connectivity index (χ3v) is 2.75. The van der Waals surface area contributed by atoms with Crippen LogP contribution in [0, 0.1) is 5.92 Å². The molecule has 0 fully saturated rings. The fourth-order valence-electron chi connectivity index (χ4n) is 1.64. The molecule has 0 spiro atoms. The smallest absolute Gasteiger partial charge is 0.239 e. The van der Waals surface area contributed by atoms with Crippen molar-refractivity contribution in [2.75, 3.05) is 25.0 Å². The van der Waals surface area contributed by atoms with Crippen molar-refractivity contribution in [3.8, 4) is 5.75 Å². The Kier molecular flexibility index (Phi) is 7.55. The highest BCUT2D eigenvalue weighted by atomic mass is 16.5. The van der Waals surface area contributed by atoms with Crippen LogP contribution in [0.4, 0.5) is 5.69 Å². The van der Waals surface area contributed by atoms with E-state index < -0.39 is 0 Å². The van der Waals surface area contributed by atoms with Gasteiger partial charge >= 0.3 is 0 Å². The first-order chi connectivity index (χ1) is 9.63. The number of ether oxygens (including phenoxy) is 1. The molecule has 4 heteroatoms. The summed E-state index contributed by atoms with van der Waals surface area (Å²) in [5.41, 5.74) is 0.860. The highest BCUT2D eigenvalue weighted by Gasteiger charge is 2.06. The first kappa shape index (κ1) is 16.3. The number of rotatable bonds is 9. The summed E-state index contributed by atoms with van der Waals surface area (Å²) in [4.78, 5) is 11.7. The Balaban J connectivity index is 2.44. The maximum absolute atomic E-state index is 11.7. The standard InChI is InChI=1S/C16H26N2O2/c1-4-5-10-17-16(19)11-18-14-8-6-7-9-15(14)20-12-13(2)3/h6-9,13,18H,4-5,10-12H2,1-3H3,(H,17,19). The van der Waals surface area contributed by atoms with E-state index in [1.165, 1.54) is 0 Å². The van der Waals surface area contributed by atoms with Crippen molar-refractivity contribution < 1.29 is 9.53 Å². The first-order valence-electron chi connectivity index (χ1n) is 7.35. The fourth-order valence-corrected chi connectivity index (χ4v) is 1.64. The zero-order valence-electron chi connectivity index (χ0n) is 12.7. The summed E-state index contributed by atoms with van der Waals surface area (Å²) >= 11 is 0. The van der Waals surface area contributed by atoms with Gasteiger partial charge in [0.2, 0.25) is 5.91 Å². The van der Waals surface area contributed by atoms with E-state index in [2.05, 4.69) is 31.4 Å². The average molecular weight is 278 g/mol. The molecule has 0 atom stereocenters. The third-order valence-electron chi connectivity index (χ3n) is 2.75. The lowest BCUT2D eigenvalue weighted by Gasteiger charge is -2.14. The highest BCUT2D eigenvalue weighted by Crippen LogP contribution is 2.23. The summed E-state index contributed by atoms with van der Waals surface area (Å²) in [5.74, 6) is 1.28. The van der Waals surface area contributed by atoms with Gasteiger partial charge in [-0.25, -0.2) is 0 Å². The molecule has 0 aromatic heterocycles. The van der Waals surface area contributed by atoms with Crippen LogP contribution in [0.5, 0.6) is 5.75 Å². The quantitative estimate of drug-likeness (QED) is 0.683. The van der Waals surface area contributed by atoms with E-state index in [0.717, 1.165) is 30.8 Å². The minimum Gasteiger partial charge on any atom is -0.491 e. The summed E-state index contributed by atoms with van der Waals surface area (Å²) < 4.78 is 5.74. The Morgan fingerprint density at radius 1 is 1.30 bits per heavy atom. The largest absolute Gasteiger partial charge is 0.491 e. The first-order valence-corrected chi connectivity index (χ1v) is 7.35. The molecule has 1 rings (SSSR count). The van der Waals surface area contributed by atoms with E-state index in [1.54, 1.807) is 0 Å². The molecule has 0 saturated heterocycles. The molecule has 0 radical (unpaired) electrons. The second kappa shape index (κ2) is 9.23. The zero-order valence-corrected chi connectivity index (χ0v) is 12.7. The summed E-state index contributed by atoms with van der Waals surface area (Å²) in [5, 5.41) is 6.01. The lowest BCUT2D eigenvalue weighted by Crippen LogP contribution is -2.30. The monoisotopic (exact) mass is 278 g/mol. The molecule has 0 aliphatic rings. The van der Waals surface area contributed by atoms with E-state index in [4.69, 9.17) is 4.74 Å².